The van der Waals surface area contributed by atoms with Gasteiger partial charge in [0.15, 0.2) is 11.6 Å². The summed E-state index contributed by atoms with van der Waals surface area (Å²) in [6, 6.07) is 7.30. The van der Waals surface area contributed by atoms with Crippen LogP contribution in [0.15, 0.2) is 45.8 Å². The molecule has 3 aliphatic rings. The van der Waals surface area contributed by atoms with E-state index >= 15 is 0 Å². The van der Waals surface area contributed by atoms with Crippen molar-refractivity contribution < 1.29 is 26.4 Å². The van der Waals surface area contributed by atoms with Crippen LogP contribution in [0.25, 0.3) is 32.0 Å². The minimum Gasteiger partial charge on any atom is -0.421 e. The van der Waals surface area contributed by atoms with Crippen molar-refractivity contribution in [2.45, 2.75) is 62.9 Å². The van der Waals surface area contributed by atoms with Gasteiger partial charge in [-0.15, -0.1) is 21.5 Å². The molecular formula is C33H32F2N6O4S2. The molecule has 3 aliphatic heterocycles. The van der Waals surface area contributed by atoms with E-state index in [1.807, 2.05) is 12.1 Å². The van der Waals surface area contributed by atoms with Gasteiger partial charge in [-0.3, -0.25) is 4.98 Å². The van der Waals surface area contributed by atoms with Crippen molar-refractivity contribution in [1.82, 2.24) is 24.5 Å². The highest BCUT2D eigenvalue weighted by Crippen LogP contribution is 2.53. The fourth-order valence-corrected chi connectivity index (χ4v) is 10.3. The van der Waals surface area contributed by atoms with Crippen molar-refractivity contribution >= 4 is 37.3 Å². The van der Waals surface area contributed by atoms with Gasteiger partial charge in [0.25, 0.3) is 0 Å². The third kappa shape index (κ3) is 5.40. The second-order valence-electron chi connectivity index (χ2n) is 12.3. The van der Waals surface area contributed by atoms with Crippen molar-refractivity contribution in [3.8, 4) is 21.9 Å². The Labute approximate surface area is 274 Å². The predicted molar refractivity (Wildman–Crippen MR) is 172 cm³/mol. The number of nitrogens with zero attached hydrogens (tertiary/aromatic N) is 5. The van der Waals surface area contributed by atoms with Crippen molar-refractivity contribution in [3.63, 3.8) is 0 Å². The Morgan fingerprint density at radius 2 is 1.91 bits per heavy atom. The predicted octanol–water partition coefficient (Wildman–Crippen LogP) is 6.81. The van der Waals surface area contributed by atoms with E-state index in [-0.39, 0.29) is 23.4 Å². The lowest BCUT2D eigenvalue weighted by atomic mass is 9.91. The minimum absolute atomic E-state index is 0.207. The molecule has 1 aromatic carbocycles. The van der Waals surface area contributed by atoms with Crippen LogP contribution < -0.4 is 5.32 Å². The molecule has 2 saturated heterocycles. The molecule has 0 radical (unpaired) electrons. The van der Waals surface area contributed by atoms with Crippen molar-refractivity contribution in [2.24, 2.45) is 5.92 Å². The fraction of sp³-hybridized carbons (Fsp3) is 0.394. The van der Waals surface area contributed by atoms with E-state index in [4.69, 9.17) is 14.1 Å². The Kier molecular flexibility index (Phi) is 7.78. The van der Waals surface area contributed by atoms with Gasteiger partial charge in [-0.1, -0.05) is 6.07 Å². The number of aromatic nitrogens is 4. The fourth-order valence-electron chi connectivity index (χ4n) is 7.01. The van der Waals surface area contributed by atoms with E-state index in [2.05, 4.69) is 20.5 Å². The summed E-state index contributed by atoms with van der Waals surface area (Å²) < 4.78 is 70.0. The molecule has 0 saturated carbocycles. The highest BCUT2D eigenvalue weighted by molar-refractivity contribution is 7.89. The Balaban J connectivity index is 1.29. The van der Waals surface area contributed by atoms with Gasteiger partial charge in [0.05, 0.1) is 27.7 Å². The van der Waals surface area contributed by atoms with Crippen molar-refractivity contribution in [1.29, 1.82) is 0 Å². The molecule has 2 fully saturated rings. The van der Waals surface area contributed by atoms with Gasteiger partial charge in [0.1, 0.15) is 10.7 Å². The van der Waals surface area contributed by atoms with E-state index < -0.39 is 21.7 Å². The summed E-state index contributed by atoms with van der Waals surface area (Å²) in [4.78, 5) is 10.6. The van der Waals surface area contributed by atoms with Gasteiger partial charge in [0.2, 0.25) is 21.8 Å². The van der Waals surface area contributed by atoms with Crippen LogP contribution in [-0.4, -0.2) is 52.6 Å². The second kappa shape index (κ2) is 12.0. The largest absolute Gasteiger partial charge is 0.421 e. The van der Waals surface area contributed by atoms with E-state index in [0.717, 1.165) is 66.8 Å². The normalized spacial score (nSPS) is 19.3. The zero-order valence-corrected chi connectivity index (χ0v) is 27.3. The van der Waals surface area contributed by atoms with E-state index in [9.17, 15) is 17.2 Å². The summed E-state index contributed by atoms with van der Waals surface area (Å²) in [5, 5.41) is 12.6. The maximum Gasteiger partial charge on any atom is 0.250 e. The van der Waals surface area contributed by atoms with Gasteiger partial charge >= 0.3 is 0 Å². The number of ether oxygens (including phenoxy) is 1. The summed E-state index contributed by atoms with van der Waals surface area (Å²) in [7, 11) is -3.87. The first-order valence-electron chi connectivity index (χ1n) is 15.8. The lowest BCUT2D eigenvalue weighted by molar-refractivity contribution is 0.0639. The van der Waals surface area contributed by atoms with E-state index in [0.29, 0.717) is 64.3 Å². The number of hydrogen-bond acceptors (Lipinski definition) is 10. The Morgan fingerprint density at radius 1 is 1.06 bits per heavy atom. The number of rotatable bonds is 8. The molecule has 1 atom stereocenters. The van der Waals surface area contributed by atoms with Crippen LogP contribution in [0.2, 0.25) is 0 Å². The Hall–Kier alpha value is -3.85. The molecule has 8 rings (SSSR count). The smallest absolute Gasteiger partial charge is 0.250 e. The number of nitrogens with one attached hydrogen (secondary N) is 1. The molecule has 0 aliphatic carbocycles. The molecule has 0 unspecified atom stereocenters. The summed E-state index contributed by atoms with van der Waals surface area (Å²) in [6.07, 6.45) is 6.61. The average molecular weight is 679 g/mol. The molecule has 0 bridgehead atoms. The first-order valence-corrected chi connectivity index (χ1v) is 18.1. The number of halogens is 2. The highest BCUT2D eigenvalue weighted by atomic mass is 32.2. The van der Waals surface area contributed by atoms with Crippen molar-refractivity contribution in [3.05, 3.63) is 71.0 Å². The SMILES string of the molecule is Cc1nnc(-c2c(CCC3CCOCC3)nc3c(c2-c2cc4ccnc(NCc5ccc(F)c(F)c5)c4s2)S(=O)(=O)N2CCC[C@@H]32)o1. The first kappa shape index (κ1) is 30.5. The molecule has 0 amide bonds. The van der Waals surface area contributed by atoms with Gasteiger partial charge in [-0.2, -0.15) is 4.31 Å². The quantitative estimate of drug-likeness (QED) is 0.189. The number of fused-ring (bicyclic) bond motifs is 4. The third-order valence-electron chi connectivity index (χ3n) is 9.33. The number of benzene rings is 1. The summed E-state index contributed by atoms with van der Waals surface area (Å²) in [5.74, 6) is -0.189. The van der Waals surface area contributed by atoms with E-state index in [1.54, 1.807) is 17.4 Å². The molecule has 14 heteroatoms. The molecule has 244 valence electrons. The number of aryl methyl sites for hydroxylation is 2. The Bertz CT molecular complexity index is 2110. The van der Waals surface area contributed by atoms with Crippen LogP contribution in [-0.2, 0) is 27.7 Å². The second-order valence-corrected chi connectivity index (χ2v) is 15.2. The molecule has 1 N–H and O–H groups in total. The van der Waals surface area contributed by atoms with Crippen LogP contribution in [0.5, 0.6) is 0 Å². The monoisotopic (exact) mass is 678 g/mol. The summed E-state index contributed by atoms with van der Waals surface area (Å²) >= 11 is 1.41. The topological polar surface area (TPSA) is 123 Å². The van der Waals surface area contributed by atoms with Crippen LogP contribution in [0, 0.1) is 24.5 Å². The lowest BCUT2D eigenvalue weighted by Gasteiger charge is -2.22. The zero-order valence-electron chi connectivity index (χ0n) is 25.6. The van der Waals surface area contributed by atoms with E-state index in [1.165, 1.54) is 17.4 Å². The molecule has 0 spiro atoms. The van der Waals surface area contributed by atoms with Gasteiger partial charge in [0, 0.05) is 49.9 Å². The van der Waals surface area contributed by atoms with Crippen LogP contribution in [0.3, 0.4) is 0 Å². The highest BCUT2D eigenvalue weighted by Gasteiger charge is 2.49. The zero-order chi connectivity index (χ0) is 32.3. The van der Waals surface area contributed by atoms with Crippen LogP contribution in [0.1, 0.15) is 61.0 Å². The molecule has 4 aromatic heterocycles. The van der Waals surface area contributed by atoms with Crippen LogP contribution in [0.4, 0.5) is 14.6 Å². The molecule has 10 nitrogen and oxygen atoms in total. The van der Waals surface area contributed by atoms with Crippen LogP contribution >= 0.6 is 11.3 Å². The number of thiophene rings is 1. The third-order valence-corrected chi connectivity index (χ3v) is 12.5. The van der Waals surface area contributed by atoms with Gasteiger partial charge in [-0.25, -0.2) is 22.2 Å². The average Bonchev–Trinajstić information content (AvgIpc) is 3.86. The van der Waals surface area contributed by atoms with Gasteiger partial charge < -0.3 is 14.5 Å². The van der Waals surface area contributed by atoms with Gasteiger partial charge in [-0.05, 0) is 79.7 Å². The van der Waals surface area contributed by atoms with Crippen molar-refractivity contribution in [2.75, 3.05) is 25.1 Å². The lowest BCUT2D eigenvalue weighted by Crippen LogP contribution is -2.23. The number of pyridine rings is 2. The molecule has 7 heterocycles. The summed E-state index contributed by atoms with van der Waals surface area (Å²) in [5.41, 5.74) is 2.98. The maximum absolute atomic E-state index is 14.3. The number of hydrogen-bond donors (Lipinski definition) is 1. The standard InChI is InChI=1S/C33H32F2N6O4S2/c1-18-39-40-33(45-18)27-24(7-5-19-9-13-44-14-10-19)38-29-25-3-2-12-41(25)47(42,43)31(29)28(27)26-16-21-8-11-36-32(30(21)46-26)37-17-20-4-6-22(34)23(35)15-20/h4,6,8,11,15-16,19,25H,2-3,5,7,9-10,12-14,17H2,1H3,(H,36,37)/t25-/m0/s1. The summed E-state index contributed by atoms with van der Waals surface area (Å²) in [6.45, 7) is 3.85. The number of sulfonamides is 1. The molecule has 47 heavy (non-hydrogen) atoms. The molecular weight excluding hydrogens is 647 g/mol. The number of anilines is 1. The minimum atomic E-state index is -3.87. The maximum atomic E-state index is 14.3. The first-order chi connectivity index (χ1) is 22.8. The molecule has 5 aromatic rings. The Morgan fingerprint density at radius 3 is 2.70 bits per heavy atom.